The van der Waals surface area contributed by atoms with Gasteiger partial charge in [-0.15, -0.1) is 0 Å². The highest BCUT2D eigenvalue weighted by atomic mass is 16.3. The lowest BCUT2D eigenvalue weighted by Gasteiger charge is -2.22. The molecule has 7 heteroatoms. The maximum Gasteiger partial charge on any atom is 0.169 e. The third-order valence-electron chi connectivity index (χ3n) is 6.92. The molecule has 6 N–H and O–H groups in total. The number of carbonyl (C=O) groups is 1. The zero-order valence-electron chi connectivity index (χ0n) is 21.1. The summed E-state index contributed by atoms with van der Waals surface area (Å²) in [6.45, 7) is 10.9. The second-order valence-corrected chi connectivity index (χ2v) is 9.96. The molecule has 0 aliphatic heterocycles. The average molecular weight is 491 g/mol. The Balaban J connectivity index is 2.21. The number of aryl methyl sites for hydroxylation is 2. The fraction of sp³-hybridized carbons (Fsp3) is 0.276. The summed E-state index contributed by atoms with van der Waals surface area (Å²) in [6, 6.07) is 4.76. The molecule has 0 amide bonds. The van der Waals surface area contributed by atoms with Crippen LogP contribution in [0.3, 0.4) is 0 Å². The van der Waals surface area contributed by atoms with Gasteiger partial charge in [0.25, 0.3) is 0 Å². The van der Waals surface area contributed by atoms with E-state index in [1.54, 1.807) is 26.0 Å². The summed E-state index contributed by atoms with van der Waals surface area (Å²) in [7, 11) is 0. The maximum absolute atomic E-state index is 12.0. The van der Waals surface area contributed by atoms with E-state index in [-0.39, 0.29) is 56.9 Å². The van der Waals surface area contributed by atoms with Gasteiger partial charge in [-0.05, 0) is 53.6 Å². The number of phenols is 6. The summed E-state index contributed by atoms with van der Waals surface area (Å²) in [5, 5.41) is 66.3. The van der Waals surface area contributed by atoms with Gasteiger partial charge in [-0.3, -0.25) is 4.79 Å². The molecular weight excluding hydrogens is 460 g/mol. The van der Waals surface area contributed by atoms with E-state index < -0.39 is 11.5 Å². The topological polar surface area (TPSA) is 138 Å². The number of rotatable bonds is 4. The molecule has 0 saturated heterocycles. The minimum Gasteiger partial charge on any atom is -0.507 e. The first kappa shape index (κ1) is 25.0. The average Bonchev–Trinajstić information content (AvgIpc) is 2.78. The predicted molar refractivity (Wildman–Crippen MR) is 140 cm³/mol. The Bertz CT molecular complexity index is 1580. The monoisotopic (exact) mass is 490 g/mol. The number of fused-ring (bicyclic) bond motifs is 2. The van der Waals surface area contributed by atoms with Crippen molar-refractivity contribution >= 4 is 27.8 Å². The van der Waals surface area contributed by atoms with Crippen molar-refractivity contribution in [2.45, 2.75) is 53.4 Å². The molecule has 0 unspecified atom stereocenters. The molecule has 188 valence electrons. The molecule has 0 aliphatic carbocycles. The van der Waals surface area contributed by atoms with Gasteiger partial charge in [0.05, 0.1) is 5.56 Å². The van der Waals surface area contributed by atoms with Crippen molar-refractivity contribution in [1.29, 1.82) is 0 Å². The summed E-state index contributed by atoms with van der Waals surface area (Å²) in [4.78, 5) is 12.0. The van der Waals surface area contributed by atoms with Crippen molar-refractivity contribution in [3.8, 4) is 45.6 Å². The van der Waals surface area contributed by atoms with Crippen LogP contribution in [0.2, 0.25) is 0 Å². The van der Waals surface area contributed by atoms with Gasteiger partial charge in [0.1, 0.15) is 11.5 Å². The van der Waals surface area contributed by atoms with Crippen LogP contribution in [0.15, 0.2) is 18.2 Å². The molecule has 0 bridgehead atoms. The molecule has 0 spiro atoms. The molecule has 36 heavy (non-hydrogen) atoms. The summed E-state index contributed by atoms with van der Waals surface area (Å²) < 4.78 is 0. The van der Waals surface area contributed by atoms with Gasteiger partial charge in [-0.25, -0.2) is 0 Å². The standard InChI is InChI=1S/C29H30O7/c1-11(2)20-15-7-13(5)22(25(32)16(15)9-19(31)27(20)34)23-14(6)8-17-21(12(3)4)29(36)26(33)18(10-30)24(17)28(23)35/h7-12,31-36H,1-6H3. The molecule has 0 aliphatic rings. The van der Waals surface area contributed by atoms with Crippen molar-refractivity contribution in [1.82, 2.24) is 0 Å². The first-order valence-corrected chi connectivity index (χ1v) is 11.7. The molecule has 4 aromatic carbocycles. The lowest BCUT2D eigenvalue weighted by molar-refractivity contribution is 0.112. The molecule has 4 rings (SSSR count). The van der Waals surface area contributed by atoms with Gasteiger partial charge < -0.3 is 30.6 Å². The Hall–Kier alpha value is -4.13. The van der Waals surface area contributed by atoms with E-state index >= 15 is 0 Å². The van der Waals surface area contributed by atoms with Crippen LogP contribution in [0.4, 0.5) is 0 Å². The van der Waals surface area contributed by atoms with Crippen LogP contribution in [0.1, 0.15) is 72.1 Å². The Kier molecular flexibility index (Phi) is 5.91. The molecule has 0 saturated carbocycles. The fourth-order valence-electron chi connectivity index (χ4n) is 5.36. The lowest BCUT2D eigenvalue weighted by Crippen LogP contribution is -2.00. The first-order chi connectivity index (χ1) is 16.8. The highest BCUT2D eigenvalue weighted by Gasteiger charge is 2.28. The van der Waals surface area contributed by atoms with Gasteiger partial charge in [-0.2, -0.15) is 0 Å². The zero-order chi connectivity index (χ0) is 26.8. The SMILES string of the molecule is Cc1cc2c(C(C)C)c(O)c(O)cc2c(O)c1-c1c(C)cc2c(C(C)C)c(O)c(O)c(C=O)c2c1O. The van der Waals surface area contributed by atoms with Gasteiger partial charge in [0.2, 0.25) is 0 Å². The van der Waals surface area contributed by atoms with Crippen molar-refractivity contribution in [3.05, 3.63) is 46.0 Å². The van der Waals surface area contributed by atoms with Crippen molar-refractivity contribution < 1.29 is 35.4 Å². The van der Waals surface area contributed by atoms with E-state index in [4.69, 9.17) is 0 Å². The van der Waals surface area contributed by atoms with Crippen LogP contribution >= 0.6 is 0 Å². The Morgan fingerprint density at radius 3 is 1.64 bits per heavy atom. The number of benzene rings is 4. The summed E-state index contributed by atoms with van der Waals surface area (Å²) in [5.41, 5.74) is 2.31. The molecule has 0 atom stereocenters. The van der Waals surface area contributed by atoms with Gasteiger partial charge in [0.15, 0.2) is 29.3 Å². The Morgan fingerprint density at radius 1 is 0.611 bits per heavy atom. The molecule has 7 nitrogen and oxygen atoms in total. The van der Waals surface area contributed by atoms with Crippen LogP contribution in [0.5, 0.6) is 34.5 Å². The van der Waals surface area contributed by atoms with E-state index in [0.29, 0.717) is 44.7 Å². The summed E-state index contributed by atoms with van der Waals surface area (Å²) in [6.07, 6.45) is 0.378. The second-order valence-electron chi connectivity index (χ2n) is 9.96. The smallest absolute Gasteiger partial charge is 0.169 e. The largest absolute Gasteiger partial charge is 0.507 e. The lowest BCUT2D eigenvalue weighted by atomic mass is 9.84. The zero-order valence-corrected chi connectivity index (χ0v) is 21.1. The van der Waals surface area contributed by atoms with E-state index in [1.165, 1.54) is 6.07 Å². The van der Waals surface area contributed by atoms with Crippen molar-refractivity contribution in [2.75, 3.05) is 0 Å². The fourth-order valence-corrected chi connectivity index (χ4v) is 5.36. The van der Waals surface area contributed by atoms with E-state index in [9.17, 15) is 35.4 Å². The quantitative estimate of drug-likeness (QED) is 0.140. The van der Waals surface area contributed by atoms with Crippen LogP contribution in [0.25, 0.3) is 32.7 Å². The number of aromatic hydroxyl groups is 6. The third kappa shape index (κ3) is 3.38. The molecular formula is C29H30O7. The number of aldehydes is 1. The van der Waals surface area contributed by atoms with Crippen molar-refractivity contribution in [2.24, 2.45) is 0 Å². The van der Waals surface area contributed by atoms with Gasteiger partial charge >= 0.3 is 0 Å². The molecule has 0 heterocycles. The number of hydrogen-bond donors (Lipinski definition) is 6. The van der Waals surface area contributed by atoms with Crippen LogP contribution in [0, 0.1) is 13.8 Å². The minimum atomic E-state index is -0.618. The van der Waals surface area contributed by atoms with E-state index in [1.807, 2.05) is 27.7 Å². The highest BCUT2D eigenvalue weighted by Crippen LogP contribution is 2.53. The summed E-state index contributed by atoms with van der Waals surface area (Å²) in [5.74, 6) is -2.57. The number of carbonyl (C=O) groups excluding carboxylic acids is 1. The highest BCUT2D eigenvalue weighted by molar-refractivity contribution is 6.12. The minimum absolute atomic E-state index is 0.0694. The van der Waals surface area contributed by atoms with Gasteiger partial charge in [-0.1, -0.05) is 39.8 Å². The Morgan fingerprint density at radius 2 is 1.11 bits per heavy atom. The van der Waals surface area contributed by atoms with Crippen LogP contribution < -0.4 is 0 Å². The predicted octanol–water partition coefficient (Wildman–Crippen LogP) is 6.57. The number of hydrogen-bond acceptors (Lipinski definition) is 7. The summed E-state index contributed by atoms with van der Waals surface area (Å²) >= 11 is 0. The maximum atomic E-state index is 12.0. The van der Waals surface area contributed by atoms with Gasteiger partial charge in [0, 0.05) is 33.0 Å². The van der Waals surface area contributed by atoms with Crippen LogP contribution in [-0.2, 0) is 0 Å². The number of phenolic OH excluding ortho intramolecular Hbond substituents is 6. The van der Waals surface area contributed by atoms with E-state index in [0.717, 1.165) is 0 Å². The van der Waals surface area contributed by atoms with E-state index in [2.05, 4.69) is 0 Å². The molecule has 4 aromatic rings. The normalized spacial score (nSPS) is 11.8. The van der Waals surface area contributed by atoms with Crippen LogP contribution in [-0.4, -0.2) is 36.9 Å². The first-order valence-electron chi connectivity index (χ1n) is 11.7. The third-order valence-corrected chi connectivity index (χ3v) is 6.92. The second kappa shape index (κ2) is 8.52. The molecule has 0 aromatic heterocycles. The molecule has 0 radical (unpaired) electrons. The molecule has 0 fully saturated rings. The van der Waals surface area contributed by atoms with Crippen molar-refractivity contribution in [3.63, 3.8) is 0 Å². The Labute approximate surface area is 208 Å².